The lowest BCUT2D eigenvalue weighted by atomic mass is 10.1. The first-order chi connectivity index (χ1) is 12.1. The first-order valence-electron chi connectivity index (χ1n) is 9.22. The van der Waals surface area contributed by atoms with Crippen LogP contribution in [0.1, 0.15) is 60.0 Å². The Morgan fingerprint density at radius 1 is 1.04 bits per heavy atom. The van der Waals surface area contributed by atoms with E-state index in [9.17, 15) is 4.79 Å². The summed E-state index contributed by atoms with van der Waals surface area (Å²) < 4.78 is 0. The molecule has 4 nitrogen and oxygen atoms in total. The quantitative estimate of drug-likeness (QED) is 0.765. The fourth-order valence-electron chi connectivity index (χ4n) is 3.50. The highest BCUT2D eigenvalue weighted by Gasteiger charge is 2.14. The molecule has 1 fully saturated rings. The number of aromatic nitrogens is 1. The molecular formula is C21H27N3O. The first kappa shape index (κ1) is 17.5. The van der Waals surface area contributed by atoms with E-state index in [1.54, 1.807) is 12.4 Å². The normalized spacial score (nSPS) is 15.4. The number of hydrogen-bond acceptors (Lipinski definition) is 3. The predicted octanol–water partition coefficient (Wildman–Crippen LogP) is 5.09. The van der Waals surface area contributed by atoms with E-state index in [4.69, 9.17) is 0 Å². The standard InChI is InChI=1S/C21H27N3O/c1-15-8-7-9-16(2)20(15)24-21(25)17-12-19(14-22-13-17)23-18-10-5-3-4-6-11-18/h7-9,12-14,18,23H,3-6,10-11H2,1-2H3,(H,24,25). The highest BCUT2D eigenvalue weighted by atomic mass is 16.1. The van der Waals surface area contributed by atoms with E-state index in [1.165, 1.54) is 38.5 Å². The summed E-state index contributed by atoms with van der Waals surface area (Å²) in [6.45, 7) is 4.01. The lowest BCUT2D eigenvalue weighted by Gasteiger charge is -2.18. The molecule has 0 saturated heterocycles. The van der Waals surface area contributed by atoms with Crippen LogP contribution in [0.2, 0.25) is 0 Å². The smallest absolute Gasteiger partial charge is 0.257 e. The first-order valence-corrected chi connectivity index (χ1v) is 9.22. The largest absolute Gasteiger partial charge is 0.381 e. The van der Waals surface area contributed by atoms with Gasteiger partial charge in [-0.2, -0.15) is 0 Å². The minimum absolute atomic E-state index is 0.116. The molecule has 1 aromatic heterocycles. The van der Waals surface area contributed by atoms with Gasteiger partial charge in [0.05, 0.1) is 11.3 Å². The number of anilines is 2. The number of benzene rings is 1. The van der Waals surface area contributed by atoms with Crippen molar-refractivity contribution in [1.29, 1.82) is 0 Å². The van der Waals surface area contributed by atoms with Crippen LogP contribution in [-0.2, 0) is 0 Å². The molecular weight excluding hydrogens is 310 g/mol. The Bertz CT molecular complexity index is 713. The maximum absolute atomic E-state index is 12.6. The second-order valence-corrected chi connectivity index (χ2v) is 7.02. The van der Waals surface area contributed by atoms with Gasteiger partial charge in [-0.25, -0.2) is 0 Å². The lowest BCUT2D eigenvalue weighted by Crippen LogP contribution is -2.19. The molecule has 0 radical (unpaired) electrons. The van der Waals surface area contributed by atoms with E-state index in [1.807, 2.05) is 38.1 Å². The van der Waals surface area contributed by atoms with Crippen molar-refractivity contribution >= 4 is 17.3 Å². The number of carbonyl (C=O) groups excluding carboxylic acids is 1. The molecule has 0 atom stereocenters. The van der Waals surface area contributed by atoms with Gasteiger partial charge >= 0.3 is 0 Å². The van der Waals surface area contributed by atoms with Crippen molar-refractivity contribution in [2.24, 2.45) is 0 Å². The van der Waals surface area contributed by atoms with Crippen LogP contribution in [0.25, 0.3) is 0 Å². The van der Waals surface area contributed by atoms with Crippen LogP contribution in [-0.4, -0.2) is 16.9 Å². The summed E-state index contributed by atoms with van der Waals surface area (Å²) in [4.78, 5) is 16.9. The maximum atomic E-state index is 12.6. The molecule has 4 heteroatoms. The second kappa shape index (κ2) is 8.15. The minimum atomic E-state index is -0.116. The van der Waals surface area contributed by atoms with Crippen LogP contribution >= 0.6 is 0 Å². The molecule has 1 saturated carbocycles. The number of nitrogens with one attached hydrogen (secondary N) is 2. The number of pyridine rings is 1. The number of carbonyl (C=O) groups is 1. The molecule has 1 heterocycles. The van der Waals surface area contributed by atoms with Crippen molar-refractivity contribution in [2.45, 2.75) is 58.4 Å². The minimum Gasteiger partial charge on any atom is -0.381 e. The van der Waals surface area contributed by atoms with Crippen molar-refractivity contribution in [1.82, 2.24) is 4.98 Å². The number of hydrogen-bond donors (Lipinski definition) is 2. The van der Waals surface area contributed by atoms with Gasteiger partial charge in [-0.05, 0) is 43.9 Å². The van der Waals surface area contributed by atoms with Crippen molar-refractivity contribution < 1.29 is 4.79 Å². The van der Waals surface area contributed by atoms with Crippen LogP contribution in [0.3, 0.4) is 0 Å². The number of amides is 1. The van der Waals surface area contributed by atoms with E-state index < -0.39 is 0 Å². The molecule has 1 amide bonds. The van der Waals surface area contributed by atoms with E-state index in [2.05, 4.69) is 15.6 Å². The summed E-state index contributed by atoms with van der Waals surface area (Å²) in [5, 5.41) is 6.59. The molecule has 2 aromatic rings. The molecule has 0 spiro atoms. The SMILES string of the molecule is Cc1cccc(C)c1NC(=O)c1cncc(NC2CCCCCC2)c1. The summed E-state index contributed by atoms with van der Waals surface area (Å²) in [6.07, 6.45) is 11.0. The Hall–Kier alpha value is -2.36. The molecule has 1 aliphatic rings. The fourth-order valence-corrected chi connectivity index (χ4v) is 3.50. The van der Waals surface area contributed by atoms with Crippen molar-refractivity contribution in [3.8, 4) is 0 Å². The van der Waals surface area contributed by atoms with Crippen LogP contribution in [0.15, 0.2) is 36.7 Å². The summed E-state index contributed by atoms with van der Waals surface area (Å²) in [6, 6.07) is 8.40. The Labute approximate surface area is 150 Å². The van der Waals surface area contributed by atoms with Gasteiger partial charge in [-0.3, -0.25) is 9.78 Å². The molecule has 0 unspecified atom stereocenters. The van der Waals surface area contributed by atoms with Gasteiger partial charge in [0.15, 0.2) is 0 Å². The maximum Gasteiger partial charge on any atom is 0.257 e. The highest BCUT2D eigenvalue weighted by Crippen LogP contribution is 2.23. The van der Waals surface area contributed by atoms with Gasteiger partial charge in [0.1, 0.15) is 0 Å². The molecule has 0 bridgehead atoms. The van der Waals surface area contributed by atoms with Gasteiger partial charge in [0.2, 0.25) is 0 Å². The average Bonchev–Trinajstić information content (AvgIpc) is 2.87. The number of para-hydroxylation sites is 1. The monoisotopic (exact) mass is 337 g/mol. The zero-order valence-electron chi connectivity index (χ0n) is 15.1. The Morgan fingerprint density at radius 2 is 1.72 bits per heavy atom. The summed E-state index contributed by atoms with van der Waals surface area (Å²) >= 11 is 0. The molecule has 25 heavy (non-hydrogen) atoms. The molecule has 0 aliphatic heterocycles. The fraction of sp³-hybridized carbons (Fsp3) is 0.429. The highest BCUT2D eigenvalue weighted by molar-refractivity contribution is 6.05. The molecule has 2 N–H and O–H groups in total. The number of rotatable bonds is 4. The summed E-state index contributed by atoms with van der Waals surface area (Å²) in [5.41, 5.74) is 4.53. The third kappa shape index (κ3) is 4.59. The van der Waals surface area contributed by atoms with Gasteiger partial charge in [-0.15, -0.1) is 0 Å². The van der Waals surface area contributed by atoms with E-state index in [0.29, 0.717) is 11.6 Å². The van der Waals surface area contributed by atoms with Crippen LogP contribution in [0.5, 0.6) is 0 Å². The number of nitrogens with zero attached hydrogens (tertiary/aromatic N) is 1. The van der Waals surface area contributed by atoms with Gasteiger partial charge in [0, 0.05) is 24.1 Å². The van der Waals surface area contributed by atoms with Gasteiger partial charge in [0.25, 0.3) is 5.91 Å². The van der Waals surface area contributed by atoms with E-state index in [-0.39, 0.29) is 5.91 Å². The second-order valence-electron chi connectivity index (χ2n) is 7.02. The molecule has 1 aliphatic carbocycles. The van der Waals surface area contributed by atoms with Crippen LogP contribution < -0.4 is 10.6 Å². The third-order valence-corrected chi connectivity index (χ3v) is 4.95. The Kier molecular flexibility index (Phi) is 5.69. The third-order valence-electron chi connectivity index (χ3n) is 4.95. The van der Waals surface area contributed by atoms with Crippen LogP contribution in [0.4, 0.5) is 11.4 Å². The summed E-state index contributed by atoms with van der Waals surface area (Å²) in [5.74, 6) is -0.116. The molecule has 1 aromatic carbocycles. The van der Waals surface area contributed by atoms with Gasteiger partial charge < -0.3 is 10.6 Å². The lowest BCUT2D eigenvalue weighted by molar-refractivity contribution is 0.102. The molecule has 132 valence electrons. The van der Waals surface area contributed by atoms with Crippen molar-refractivity contribution in [3.05, 3.63) is 53.3 Å². The Balaban J connectivity index is 1.71. The average molecular weight is 337 g/mol. The molecule has 3 rings (SSSR count). The zero-order valence-corrected chi connectivity index (χ0v) is 15.1. The van der Waals surface area contributed by atoms with Crippen LogP contribution in [0, 0.1) is 13.8 Å². The number of aryl methyl sites for hydroxylation is 2. The van der Waals surface area contributed by atoms with Gasteiger partial charge in [-0.1, -0.05) is 43.9 Å². The zero-order chi connectivity index (χ0) is 17.6. The van der Waals surface area contributed by atoms with E-state index >= 15 is 0 Å². The predicted molar refractivity (Wildman–Crippen MR) is 103 cm³/mol. The summed E-state index contributed by atoms with van der Waals surface area (Å²) in [7, 11) is 0. The topological polar surface area (TPSA) is 54.0 Å². The van der Waals surface area contributed by atoms with E-state index in [0.717, 1.165) is 22.5 Å². The Morgan fingerprint density at radius 3 is 2.40 bits per heavy atom. The van der Waals surface area contributed by atoms with Crippen molar-refractivity contribution in [2.75, 3.05) is 10.6 Å². The van der Waals surface area contributed by atoms with Crippen molar-refractivity contribution in [3.63, 3.8) is 0 Å².